The Bertz CT molecular complexity index is 1630. The van der Waals surface area contributed by atoms with Crippen LogP contribution in [0.15, 0.2) is 95.9 Å². The minimum Gasteiger partial charge on any atom is -0.505 e. The number of nitrogens with zero attached hydrogens (tertiary/aromatic N) is 1. The first kappa shape index (κ1) is 28.1. The lowest BCUT2D eigenvalue weighted by Crippen LogP contribution is -2.30. The number of aromatic hydroxyl groups is 1. The molecule has 0 aromatic heterocycles. The zero-order valence-corrected chi connectivity index (χ0v) is 23.4. The van der Waals surface area contributed by atoms with Crippen molar-refractivity contribution in [1.29, 1.82) is 0 Å². The van der Waals surface area contributed by atoms with E-state index in [2.05, 4.69) is 17.4 Å². The van der Waals surface area contributed by atoms with Crippen LogP contribution in [0, 0.1) is 5.82 Å². The number of carbonyl (C=O) groups excluding carboxylic acids is 1. The highest BCUT2D eigenvalue weighted by atomic mass is 35.5. The number of hydrogen-bond acceptors (Lipinski definition) is 4. The fourth-order valence-corrected chi connectivity index (χ4v) is 6.70. The molecule has 0 unspecified atom stereocenters. The molecule has 1 saturated carbocycles. The number of rotatable bonds is 9. The summed E-state index contributed by atoms with van der Waals surface area (Å²) in [6, 6.07) is 24.5. The second-order valence-corrected chi connectivity index (χ2v) is 12.4. The van der Waals surface area contributed by atoms with Crippen LogP contribution in [0.5, 0.6) is 5.75 Å². The highest BCUT2D eigenvalue weighted by molar-refractivity contribution is 7.89. The van der Waals surface area contributed by atoms with Gasteiger partial charge in [-0.15, -0.1) is 0 Å². The van der Waals surface area contributed by atoms with E-state index in [0.717, 1.165) is 16.8 Å². The number of nitrogens with one attached hydrogen (secondary N) is 1. The van der Waals surface area contributed by atoms with Gasteiger partial charge in [0.2, 0.25) is 10.0 Å². The molecule has 0 radical (unpaired) electrons. The fraction of sp³-hybridized carbons (Fsp3) is 0.167. The van der Waals surface area contributed by atoms with Gasteiger partial charge in [0.1, 0.15) is 10.7 Å². The Morgan fingerprint density at radius 3 is 2.15 bits per heavy atom. The zero-order chi connectivity index (χ0) is 28.4. The number of phenolic OH excluding ortho intramolecular Hbond substituents is 1. The average molecular weight is 600 g/mol. The first-order chi connectivity index (χ1) is 19.1. The number of sulfonamides is 1. The summed E-state index contributed by atoms with van der Waals surface area (Å²) in [6.45, 7) is -0.207. The van der Waals surface area contributed by atoms with Gasteiger partial charge in [-0.1, -0.05) is 77.8 Å². The van der Waals surface area contributed by atoms with Crippen LogP contribution >= 0.6 is 23.2 Å². The summed E-state index contributed by atoms with van der Waals surface area (Å²) in [6.07, 6.45) is 0.879. The van der Waals surface area contributed by atoms with Gasteiger partial charge < -0.3 is 10.4 Å². The standard InChI is InChI=1S/C30H25Cl2FN2O4S/c31-23-14-26(32)29(36)28(15-23)40(38,39)35(18-20-8-12-24(33)13-9-20)17-19-6-10-22(11-7-19)30(37)34-27-16-25(27)21-4-2-1-3-5-21/h1-15,25,27,36H,16-18H2,(H,34,37)/t25-,27+/m1/s1. The smallest absolute Gasteiger partial charge is 0.251 e. The molecule has 2 N–H and O–H groups in total. The van der Waals surface area contributed by atoms with E-state index >= 15 is 0 Å². The third kappa shape index (κ3) is 6.31. The van der Waals surface area contributed by atoms with Crippen molar-refractivity contribution < 1.29 is 22.7 Å². The van der Waals surface area contributed by atoms with E-state index in [1.54, 1.807) is 24.3 Å². The molecule has 0 heterocycles. The van der Waals surface area contributed by atoms with Gasteiger partial charge in [0.25, 0.3) is 5.91 Å². The normalized spacial score (nSPS) is 16.6. The van der Waals surface area contributed by atoms with Gasteiger partial charge in [0.05, 0.1) is 5.02 Å². The van der Waals surface area contributed by atoms with E-state index in [1.165, 1.54) is 35.9 Å². The molecule has 1 amide bonds. The predicted octanol–water partition coefficient (Wildman–Crippen LogP) is 6.52. The van der Waals surface area contributed by atoms with Gasteiger partial charge in [0, 0.05) is 35.6 Å². The monoisotopic (exact) mass is 598 g/mol. The van der Waals surface area contributed by atoms with E-state index in [1.807, 2.05) is 18.2 Å². The zero-order valence-electron chi connectivity index (χ0n) is 21.1. The number of hydrogen-bond donors (Lipinski definition) is 2. The number of halogens is 3. The van der Waals surface area contributed by atoms with E-state index in [0.29, 0.717) is 22.6 Å². The molecule has 10 heteroatoms. The molecule has 5 rings (SSSR count). The Morgan fingerprint density at radius 1 is 0.925 bits per heavy atom. The van der Waals surface area contributed by atoms with Crippen molar-refractivity contribution >= 4 is 39.1 Å². The number of amides is 1. The van der Waals surface area contributed by atoms with E-state index in [4.69, 9.17) is 23.2 Å². The maximum Gasteiger partial charge on any atom is 0.251 e. The van der Waals surface area contributed by atoms with Gasteiger partial charge in [-0.25, -0.2) is 12.8 Å². The van der Waals surface area contributed by atoms with Crippen LogP contribution in [0.3, 0.4) is 0 Å². The molecule has 0 spiro atoms. The fourth-order valence-electron chi connectivity index (χ4n) is 4.54. The molecule has 2 atom stereocenters. The molecule has 1 aliphatic rings. The summed E-state index contributed by atoms with van der Waals surface area (Å²) in [5.41, 5.74) is 2.78. The van der Waals surface area contributed by atoms with Crippen molar-refractivity contribution in [3.8, 4) is 5.75 Å². The van der Waals surface area contributed by atoms with Gasteiger partial charge in [-0.2, -0.15) is 4.31 Å². The molecular formula is C30H25Cl2FN2O4S. The molecule has 40 heavy (non-hydrogen) atoms. The highest BCUT2D eigenvalue weighted by Crippen LogP contribution is 2.41. The van der Waals surface area contributed by atoms with Crippen molar-refractivity contribution in [2.45, 2.75) is 36.4 Å². The second-order valence-electron chi connectivity index (χ2n) is 9.66. The SMILES string of the molecule is O=C(N[C@H]1C[C@@H]1c1ccccc1)c1ccc(CN(Cc2ccc(F)cc2)S(=O)(=O)c2cc(Cl)cc(Cl)c2O)cc1. The molecule has 0 bridgehead atoms. The van der Waals surface area contributed by atoms with Crippen LogP contribution in [-0.4, -0.2) is 29.8 Å². The summed E-state index contributed by atoms with van der Waals surface area (Å²) >= 11 is 12.0. The maximum absolute atomic E-state index is 13.7. The molecule has 6 nitrogen and oxygen atoms in total. The number of carbonyl (C=O) groups is 1. The van der Waals surface area contributed by atoms with E-state index < -0.39 is 26.5 Å². The topological polar surface area (TPSA) is 86.7 Å². The van der Waals surface area contributed by atoms with Crippen molar-refractivity contribution in [3.63, 3.8) is 0 Å². The molecule has 206 valence electrons. The Hall–Kier alpha value is -3.43. The van der Waals surface area contributed by atoms with Crippen molar-refractivity contribution in [1.82, 2.24) is 9.62 Å². The minimum absolute atomic E-state index is 0.0450. The molecular weight excluding hydrogens is 574 g/mol. The Balaban J connectivity index is 1.35. The van der Waals surface area contributed by atoms with E-state index in [-0.39, 0.29) is 35.1 Å². The van der Waals surface area contributed by atoms with Crippen LogP contribution in [0.25, 0.3) is 0 Å². The van der Waals surface area contributed by atoms with Gasteiger partial charge in [-0.05, 0) is 59.5 Å². The summed E-state index contributed by atoms with van der Waals surface area (Å²) in [7, 11) is -4.31. The van der Waals surface area contributed by atoms with Crippen LogP contribution in [0.1, 0.15) is 39.4 Å². The number of benzene rings is 4. The third-order valence-corrected chi connectivity index (χ3v) is 9.10. The maximum atomic E-state index is 13.7. The quantitative estimate of drug-likeness (QED) is 0.230. The van der Waals surface area contributed by atoms with Crippen molar-refractivity contribution in [2.24, 2.45) is 0 Å². The van der Waals surface area contributed by atoms with Gasteiger partial charge >= 0.3 is 0 Å². The lowest BCUT2D eigenvalue weighted by Gasteiger charge is -2.23. The first-order valence-corrected chi connectivity index (χ1v) is 14.7. The summed E-state index contributed by atoms with van der Waals surface area (Å²) in [5, 5.41) is 13.3. The lowest BCUT2D eigenvalue weighted by molar-refractivity contribution is 0.0950. The van der Waals surface area contributed by atoms with E-state index in [9.17, 15) is 22.7 Å². The molecule has 1 fully saturated rings. The first-order valence-electron chi connectivity index (χ1n) is 12.5. The average Bonchev–Trinajstić information content (AvgIpc) is 3.71. The van der Waals surface area contributed by atoms with Crippen molar-refractivity contribution in [2.75, 3.05) is 0 Å². The van der Waals surface area contributed by atoms with Crippen LogP contribution in [0.2, 0.25) is 10.0 Å². The summed E-state index contributed by atoms with van der Waals surface area (Å²) < 4.78 is 42.0. The second kappa shape index (κ2) is 11.6. The van der Waals surface area contributed by atoms with Crippen LogP contribution in [-0.2, 0) is 23.1 Å². The lowest BCUT2D eigenvalue weighted by atomic mass is 10.1. The molecule has 4 aromatic carbocycles. The molecule has 0 saturated heterocycles. The van der Waals surface area contributed by atoms with Gasteiger partial charge in [-0.3, -0.25) is 4.79 Å². The molecule has 4 aromatic rings. The number of phenols is 1. The van der Waals surface area contributed by atoms with Crippen LogP contribution < -0.4 is 5.32 Å². The van der Waals surface area contributed by atoms with Crippen LogP contribution in [0.4, 0.5) is 4.39 Å². The molecule has 0 aliphatic heterocycles. The Kier molecular flexibility index (Phi) is 8.14. The predicted molar refractivity (Wildman–Crippen MR) is 152 cm³/mol. The summed E-state index contributed by atoms with van der Waals surface area (Å²) in [4.78, 5) is 12.4. The largest absolute Gasteiger partial charge is 0.505 e. The Morgan fingerprint density at radius 2 is 1.52 bits per heavy atom. The molecule has 1 aliphatic carbocycles. The third-order valence-electron chi connectivity index (χ3n) is 6.79. The summed E-state index contributed by atoms with van der Waals surface area (Å²) in [5.74, 6) is -0.973. The highest BCUT2D eigenvalue weighted by Gasteiger charge is 2.39. The minimum atomic E-state index is -4.31. The van der Waals surface area contributed by atoms with Crippen molar-refractivity contribution in [3.05, 3.63) is 129 Å². The van der Waals surface area contributed by atoms with Gasteiger partial charge in [0.15, 0.2) is 5.75 Å². The Labute approximate surface area is 242 Å².